The number of thioether (sulfide) groups is 1. The average Bonchev–Trinajstić information content (AvgIpc) is 2.76. The molecule has 1 saturated carbocycles. The van der Waals surface area contributed by atoms with E-state index in [2.05, 4.69) is 11.6 Å². The van der Waals surface area contributed by atoms with E-state index in [0.717, 1.165) is 25.8 Å². The number of unbranched alkanes of at least 4 members (excludes halogenated alkanes) is 3. The van der Waals surface area contributed by atoms with E-state index in [1.165, 1.54) is 37.7 Å². The number of sulfone groups is 1. The maximum Gasteiger partial charge on any atom is 0.151 e. The summed E-state index contributed by atoms with van der Waals surface area (Å²) in [4.78, 5) is 0. The van der Waals surface area contributed by atoms with Gasteiger partial charge in [-0.15, -0.1) is 0 Å². The Morgan fingerprint density at radius 1 is 1.17 bits per heavy atom. The first-order chi connectivity index (χ1) is 8.55. The Morgan fingerprint density at radius 3 is 2.56 bits per heavy atom. The van der Waals surface area contributed by atoms with E-state index in [-0.39, 0.29) is 11.3 Å². The molecule has 0 spiro atoms. The molecule has 1 rings (SSSR count). The highest BCUT2D eigenvalue weighted by molar-refractivity contribution is 7.98. The van der Waals surface area contributed by atoms with Gasteiger partial charge in [0.05, 0.1) is 5.25 Å². The van der Waals surface area contributed by atoms with Crippen molar-refractivity contribution < 1.29 is 8.42 Å². The zero-order valence-corrected chi connectivity index (χ0v) is 13.3. The number of hydrogen-bond acceptors (Lipinski definition) is 4. The first kappa shape index (κ1) is 16.3. The average molecular weight is 293 g/mol. The van der Waals surface area contributed by atoms with E-state index in [1.54, 1.807) is 0 Å². The maximum absolute atomic E-state index is 11.6. The second-order valence-electron chi connectivity index (χ2n) is 5.27. The molecule has 1 fully saturated rings. The lowest BCUT2D eigenvalue weighted by Gasteiger charge is -2.19. The lowest BCUT2D eigenvalue weighted by molar-refractivity contribution is 0.492. The smallest absolute Gasteiger partial charge is 0.151 e. The predicted octanol–water partition coefficient (Wildman–Crippen LogP) is 2.47. The molecule has 1 N–H and O–H groups in total. The number of hydrogen-bond donors (Lipinski definition) is 1. The summed E-state index contributed by atoms with van der Waals surface area (Å²) in [5.74, 6) is 1.26. The molecule has 1 aliphatic carbocycles. The van der Waals surface area contributed by atoms with Crippen LogP contribution in [0.15, 0.2) is 0 Å². The van der Waals surface area contributed by atoms with Gasteiger partial charge in [-0.25, -0.2) is 8.42 Å². The molecule has 0 aliphatic heterocycles. The van der Waals surface area contributed by atoms with Crippen molar-refractivity contribution >= 4 is 21.6 Å². The van der Waals surface area contributed by atoms with Gasteiger partial charge >= 0.3 is 0 Å². The molecule has 0 aromatic heterocycles. The third-order valence-corrected chi connectivity index (χ3v) is 6.05. The second-order valence-corrected chi connectivity index (χ2v) is 8.52. The van der Waals surface area contributed by atoms with Gasteiger partial charge in [-0.2, -0.15) is 11.8 Å². The third kappa shape index (κ3) is 5.93. The number of nitrogens with one attached hydrogen (secondary N) is 1. The first-order valence-electron chi connectivity index (χ1n) is 6.97. The first-order valence-corrected chi connectivity index (χ1v) is 10.3. The van der Waals surface area contributed by atoms with Crippen LogP contribution >= 0.6 is 11.8 Å². The molecule has 108 valence electrons. The van der Waals surface area contributed by atoms with Gasteiger partial charge in [0.25, 0.3) is 0 Å². The highest BCUT2D eigenvalue weighted by atomic mass is 32.2. The Morgan fingerprint density at radius 2 is 1.89 bits per heavy atom. The molecule has 2 atom stereocenters. The van der Waals surface area contributed by atoms with Gasteiger partial charge in [-0.1, -0.05) is 19.3 Å². The fourth-order valence-corrected chi connectivity index (χ4v) is 4.60. The van der Waals surface area contributed by atoms with Crippen LogP contribution in [0.5, 0.6) is 0 Å². The van der Waals surface area contributed by atoms with Crippen molar-refractivity contribution in [2.24, 2.45) is 0 Å². The van der Waals surface area contributed by atoms with E-state index in [4.69, 9.17) is 0 Å². The van der Waals surface area contributed by atoms with Crippen LogP contribution in [0.1, 0.15) is 44.9 Å². The van der Waals surface area contributed by atoms with Crippen LogP contribution < -0.4 is 5.32 Å². The fourth-order valence-electron chi connectivity index (χ4n) is 2.68. The molecule has 2 unspecified atom stereocenters. The lowest BCUT2D eigenvalue weighted by Crippen LogP contribution is -2.40. The fraction of sp³-hybridized carbons (Fsp3) is 1.00. The van der Waals surface area contributed by atoms with Crippen LogP contribution in [0.4, 0.5) is 0 Å². The van der Waals surface area contributed by atoms with Crippen LogP contribution in [0, 0.1) is 0 Å². The van der Waals surface area contributed by atoms with Crippen molar-refractivity contribution in [2.45, 2.75) is 56.2 Å². The van der Waals surface area contributed by atoms with Gasteiger partial charge in [0.1, 0.15) is 0 Å². The molecule has 18 heavy (non-hydrogen) atoms. The minimum absolute atomic E-state index is 0.144. The topological polar surface area (TPSA) is 46.2 Å². The molecule has 0 saturated heterocycles. The molecule has 0 aromatic carbocycles. The Balaban J connectivity index is 2.12. The van der Waals surface area contributed by atoms with Gasteiger partial charge in [-0.05, 0) is 44.2 Å². The highest BCUT2D eigenvalue weighted by Gasteiger charge is 2.33. The van der Waals surface area contributed by atoms with Crippen LogP contribution in [0.3, 0.4) is 0 Å². The molecule has 0 amide bonds. The van der Waals surface area contributed by atoms with Crippen molar-refractivity contribution in [3.05, 3.63) is 0 Å². The monoisotopic (exact) mass is 293 g/mol. The Bertz CT molecular complexity index is 317. The lowest BCUT2D eigenvalue weighted by atomic mass is 10.2. The predicted molar refractivity (Wildman–Crippen MR) is 81.1 cm³/mol. The summed E-state index contributed by atoms with van der Waals surface area (Å²) in [6.45, 7) is 0.968. The molecule has 5 heteroatoms. The molecule has 3 nitrogen and oxygen atoms in total. The standard InChI is InChI=1S/C13H27NO2S2/c1-17-11-6-4-3-5-10-14-12-8-7-9-13(12)18(2,15)16/h12-14H,3-11H2,1-2H3. The minimum atomic E-state index is -2.87. The summed E-state index contributed by atoms with van der Waals surface area (Å²) in [6.07, 6.45) is 11.4. The summed E-state index contributed by atoms with van der Waals surface area (Å²) in [5.41, 5.74) is 0. The van der Waals surface area contributed by atoms with E-state index >= 15 is 0 Å². The van der Waals surface area contributed by atoms with Crippen LogP contribution in [0.25, 0.3) is 0 Å². The van der Waals surface area contributed by atoms with Gasteiger partial charge in [0, 0.05) is 12.3 Å². The van der Waals surface area contributed by atoms with Crippen molar-refractivity contribution in [2.75, 3.05) is 24.8 Å². The third-order valence-electron chi connectivity index (χ3n) is 3.68. The SMILES string of the molecule is CSCCCCCCNC1CCCC1S(C)(=O)=O. The summed E-state index contributed by atoms with van der Waals surface area (Å²) < 4.78 is 23.2. The van der Waals surface area contributed by atoms with Crippen LogP contribution in [0.2, 0.25) is 0 Å². The molecule has 0 bridgehead atoms. The molecular formula is C13H27NO2S2. The second kappa shape index (κ2) is 8.43. The largest absolute Gasteiger partial charge is 0.313 e. The minimum Gasteiger partial charge on any atom is -0.313 e. The zero-order chi connectivity index (χ0) is 13.4. The van der Waals surface area contributed by atoms with Crippen LogP contribution in [-0.4, -0.2) is 44.5 Å². The molecule has 0 radical (unpaired) electrons. The maximum atomic E-state index is 11.6. The number of rotatable bonds is 9. The summed E-state index contributed by atoms with van der Waals surface area (Å²) in [6, 6.07) is 0.200. The van der Waals surface area contributed by atoms with Gasteiger partial charge in [0.15, 0.2) is 9.84 Å². The molecular weight excluding hydrogens is 266 g/mol. The van der Waals surface area contributed by atoms with Gasteiger partial charge < -0.3 is 5.32 Å². The zero-order valence-electron chi connectivity index (χ0n) is 11.7. The van der Waals surface area contributed by atoms with Crippen molar-refractivity contribution in [3.8, 4) is 0 Å². The Hall–Kier alpha value is 0.260. The normalized spacial score (nSPS) is 24.6. The van der Waals surface area contributed by atoms with Gasteiger partial charge in [0.2, 0.25) is 0 Å². The van der Waals surface area contributed by atoms with Crippen molar-refractivity contribution in [1.82, 2.24) is 5.32 Å². The van der Waals surface area contributed by atoms with Crippen LogP contribution in [-0.2, 0) is 9.84 Å². The van der Waals surface area contributed by atoms with Crippen molar-refractivity contribution in [1.29, 1.82) is 0 Å². The molecule has 1 aliphatic rings. The summed E-state index contributed by atoms with van der Waals surface area (Å²) in [5, 5.41) is 3.30. The molecule has 0 aromatic rings. The molecule has 0 heterocycles. The van der Waals surface area contributed by atoms with E-state index in [1.807, 2.05) is 11.8 Å². The quantitative estimate of drug-likeness (QED) is 0.663. The summed E-state index contributed by atoms with van der Waals surface area (Å²) in [7, 11) is -2.87. The van der Waals surface area contributed by atoms with E-state index in [9.17, 15) is 8.42 Å². The Labute approximate surface area is 116 Å². The summed E-state index contributed by atoms with van der Waals surface area (Å²) >= 11 is 1.91. The van der Waals surface area contributed by atoms with Crippen molar-refractivity contribution in [3.63, 3.8) is 0 Å². The Kier molecular flexibility index (Phi) is 7.64. The highest BCUT2D eigenvalue weighted by Crippen LogP contribution is 2.25. The van der Waals surface area contributed by atoms with E-state index in [0.29, 0.717) is 0 Å². The van der Waals surface area contributed by atoms with E-state index < -0.39 is 9.84 Å². The van der Waals surface area contributed by atoms with Gasteiger partial charge in [-0.3, -0.25) is 0 Å².